The van der Waals surface area contributed by atoms with E-state index in [1.54, 1.807) is 6.07 Å². The molecule has 132 valence electrons. The highest BCUT2D eigenvalue weighted by molar-refractivity contribution is 9.10. The van der Waals surface area contributed by atoms with E-state index in [0.717, 1.165) is 24.0 Å². The van der Waals surface area contributed by atoms with Crippen LogP contribution in [0.2, 0.25) is 5.02 Å². The maximum Gasteiger partial charge on any atom is 0.513 e. The fourth-order valence-electron chi connectivity index (χ4n) is 2.51. The molecule has 0 saturated heterocycles. The van der Waals surface area contributed by atoms with Gasteiger partial charge in [-0.2, -0.15) is 0 Å². The molecule has 0 N–H and O–H groups in total. The number of halogens is 3. The number of ether oxygens (including phenoxy) is 3. The minimum Gasteiger partial charge on any atom is -0.488 e. The van der Waals surface area contributed by atoms with Crippen LogP contribution < -0.4 is 9.47 Å². The van der Waals surface area contributed by atoms with Gasteiger partial charge in [-0.05, 0) is 52.4 Å². The van der Waals surface area contributed by atoms with Gasteiger partial charge in [0.05, 0.1) is 16.6 Å². The molecule has 3 rings (SSSR count). The summed E-state index contributed by atoms with van der Waals surface area (Å²) in [5.74, 6) is 0.690. The average molecular weight is 430 g/mol. The van der Waals surface area contributed by atoms with Gasteiger partial charge in [-0.25, -0.2) is 9.18 Å². The lowest BCUT2D eigenvalue weighted by atomic mass is 10.0. The summed E-state index contributed by atoms with van der Waals surface area (Å²) in [5, 5.41) is -0.0280. The number of hydrogen-bond acceptors (Lipinski definition) is 4. The highest BCUT2D eigenvalue weighted by Crippen LogP contribution is 2.44. The summed E-state index contributed by atoms with van der Waals surface area (Å²) >= 11 is 9.07. The first-order valence-electron chi connectivity index (χ1n) is 7.64. The van der Waals surface area contributed by atoms with E-state index < -0.39 is 12.0 Å². The van der Waals surface area contributed by atoms with Crippen LogP contribution in [0.25, 0.3) is 0 Å². The van der Waals surface area contributed by atoms with Gasteiger partial charge < -0.3 is 14.2 Å². The molecule has 0 spiro atoms. The van der Waals surface area contributed by atoms with E-state index in [9.17, 15) is 9.18 Å². The van der Waals surface area contributed by atoms with E-state index in [1.165, 1.54) is 19.2 Å². The Labute approximate surface area is 158 Å². The highest BCUT2D eigenvalue weighted by Gasteiger charge is 2.28. The number of carbonyl (C=O) groups excluding carboxylic acids is 1. The Kier molecular flexibility index (Phi) is 5.49. The predicted molar refractivity (Wildman–Crippen MR) is 94.9 cm³/mol. The second-order valence-corrected chi connectivity index (χ2v) is 6.90. The fourth-order valence-corrected chi connectivity index (χ4v) is 3.09. The maximum absolute atomic E-state index is 13.5. The van der Waals surface area contributed by atoms with Crippen LogP contribution in [-0.4, -0.2) is 13.3 Å². The van der Waals surface area contributed by atoms with Gasteiger partial charge in [0.25, 0.3) is 0 Å². The fraction of sp³-hybridized carbons (Fsp3) is 0.278. The summed E-state index contributed by atoms with van der Waals surface area (Å²) in [6, 6.07) is 8.17. The largest absolute Gasteiger partial charge is 0.513 e. The van der Waals surface area contributed by atoms with Crippen molar-refractivity contribution in [3.05, 3.63) is 56.8 Å². The zero-order valence-electron chi connectivity index (χ0n) is 13.4. The van der Waals surface area contributed by atoms with Gasteiger partial charge in [0, 0.05) is 11.6 Å². The average Bonchev–Trinajstić information content (AvgIpc) is 3.42. The van der Waals surface area contributed by atoms with Crippen LogP contribution in [0.3, 0.4) is 0 Å². The summed E-state index contributed by atoms with van der Waals surface area (Å²) in [5.41, 5.74) is 1.84. The molecule has 7 heteroatoms. The minimum atomic E-state index is -0.791. The maximum atomic E-state index is 13.5. The van der Waals surface area contributed by atoms with Crippen LogP contribution in [0.15, 0.2) is 34.8 Å². The number of carbonyl (C=O) groups is 1. The van der Waals surface area contributed by atoms with E-state index in [0.29, 0.717) is 21.9 Å². The number of hydrogen-bond donors (Lipinski definition) is 0. The van der Waals surface area contributed by atoms with Crippen molar-refractivity contribution in [1.29, 1.82) is 0 Å². The summed E-state index contributed by atoms with van der Waals surface area (Å²) in [4.78, 5) is 11.5. The SMILES string of the molecule is COC(=O)Oc1cccc(C2CC2)c1COc1cc(Cl)c(F)cc1Br. The van der Waals surface area contributed by atoms with Crippen LogP contribution in [0.1, 0.15) is 29.9 Å². The molecule has 2 aromatic carbocycles. The molecule has 0 radical (unpaired) electrons. The molecule has 2 aromatic rings. The van der Waals surface area contributed by atoms with E-state index in [2.05, 4.69) is 20.7 Å². The van der Waals surface area contributed by atoms with E-state index >= 15 is 0 Å². The van der Waals surface area contributed by atoms with Crippen LogP contribution >= 0.6 is 27.5 Å². The Balaban J connectivity index is 1.88. The van der Waals surface area contributed by atoms with Crippen LogP contribution in [0, 0.1) is 5.82 Å². The monoisotopic (exact) mass is 428 g/mol. The van der Waals surface area contributed by atoms with Crippen molar-refractivity contribution < 1.29 is 23.4 Å². The van der Waals surface area contributed by atoms with Crippen molar-refractivity contribution in [1.82, 2.24) is 0 Å². The third-order valence-electron chi connectivity index (χ3n) is 3.89. The molecule has 1 aliphatic carbocycles. The molecule has 1 saturated carbocycles. The van der Waals surface area contributed by atoms with Gasteiger partial charge in [0.1, 0.15) is 23.9 Å². The molecule has 0 heterocycles. The third-order valence-corrected chi connectivity index (χ3v) is 4.80. The summed E-state index contributed by atoms with van der Waals surface area (Å²) in [6.07, 6.45) is 1.38. The molecule has 25 heavy (non-hydrogen) atoms. The van der Waals surface area contributed by atoms with Gasteiger partial charge in [-0.1, -0.05) is 23.7 Å². The molecule has 1 fully saturated rings. The van der Waals surface area contributed by atoms with Crippen molar-refractivity contribution >= 4 is 33.7 Å². The lowest BCUT2D eigenvalue weighted by Crippen LogP contribution is -2.11. The van der Waals surface area contributed by atoms with Crippen molar-refractivity contribution in [2.75, 3.05) is 7.11 Å². The zero-order valence-corrected chi connectivity index (χ0v) is 15.7. The quantitative estimate of drug-likeness (QED) is 0.340. The molecule has 1 aliphatic rings. The van der Waals surface area contributed by atoms with Gasteiger partial charge in [0.15, 0.2) is 0 Å². The van der Waals surface area contributed by atoms with E-state index in [1.807, 2.05) is 12.1 Å². The minimum absolute atomic E-state index is 0.0280. The Morgan fingerprint density at radius 3 is 2.76 bits per heavy atom. The number of benzene rings is 2. The van der Waals surface area contributed by atoms with Gasteiger partial charge in [0.2, 0.25) is 0 Å². The lowest BCUT2D eigenvalue weighted by Gasteiger charge is -2.16. The summed E-state index contributed by atoms with van der Waals surface area (Å²) < 4.78 is 29.5. The molecule has 0 amide bonds. The second kappa shape index (κ2) is 7.62. The Bertz CT molecular complexity index is 808. The van der Waals surface area contributed by atoms with Crippen LogP contribution in [0.4, 0.5) is 9.18 Å². The van der Waals surface area contributed by atoms with E-state index in [4.69, 9.17) is 21.1 Å². The Morgan fingerprint density at radius 2 is 2.08 bits per heavy atom. The molecule has 0 aromatic heterocycles. The molecule has 0 atom stereocenters. The van der Waals surface area contributed by atoms with Gasteiger partial charge >= 0.3 is 6.16 Å². The highest BCUT2D eigenvalue weighted by atomic mass is 79.9. The molecule has 4 nitrogen and oxygen atoms in total. The lowest BCUT2D eigenvalue weighted by molar-refractivity contribution is 0.120. The molecule has 0 bridgehead atoms. The zero-order chi connectivity index (χ0) is 18.0. The first-order valence-corrected chi connectivity index (χ1v) is 8.81. The van der Waals surface area contributed by atoms with Crippen molar-refractivity contribution in [2.24, 2.45) is 0 Å². The normalized spacial score (nSPS) is 13.4. The first-order chi connectivity index (χ1) is 12.0. The van der Waals surface area contributed by atoms with Gasteiger partial charge in [-0.15, -0.1) is 0 Å². The number of rotatable bonds is 5. The topological polar surface area (TPSA) is 44.8 Å². The summed E-state index contributed by atoms with van der Waals surface area (Å²) in [6.45, 7) is 0.152. The molecular weight excluding hydrogens is 415 g/mol. The smallest absolute Gasteiger partial charge is 0.488 e. The first kappa shape index (κ1) is 18.0. The second-order valence-electron chi connectivity index (χ2n) is 5.64. The Hall–Kier alpha value is -1.79. The predicted octanol–water partition coefficient (Wildman–Crippen LogP) is 5.84. The Morgan fingerprint density at radius 1 is 1.32 bits per heavy atom. The molecule has 0 unspecified atom stereocenters. The van der Waals surface area contributed by atoms with Crippen molar-refractivity contribution in [2.45, 2.75) is 25.4 Å². The van der Waals surface area contributed by atoms with Crippen molar-refractivity contribution in [3.8, 4) is 11.5 Å². The van der Waals surface area contributed by atoms with E-state index in [-0.39, 0.29) is 11.6 Å². The van der Waals surface area contributed by atoms with Crippen LogP contribution in [0.5, 0.6) is 11.5 Å². The van der Waals surface area contributed by atoms with Crippen molar-refractivity contribution in [3.63, 3.8) is 0 Å². The van der Waals surface area contributed by atoms with Gasteiger partial charge in [-0.3, -0.25) is 0 Å². The number of methoxy groups -OCH3 is 1. The third kappa shape index (κ3) is 4.25. The summed E-state index contributed by atoms with van der Waals surface area (Å²) in [7, 11) is 1.25. The molecular formula is C18H15BrClFO4. The molecule has 0 aliphatic heterocycles. The standard InChI is InChI=1S/C18H15BrClFO4/c1-23-18(22)25-16-4-2-3-11(10-5-6-10)12(16)9-24-17-8-14(20)15(21)7-13(17)19/h2-4,7-8,10H,5-6,9H2,1H3. The van der Waals surface area contributed by atoms with Crippen LogP contribution in [-0.2, 0) is 11.3 Å².